The Morgan fingerprint density at radius 2 is 1.70 bits per heavy atom. The molecule has 0 amide bonds. The molecule has 0 fully saturated rings. The molecule has 3 heteroatoms. The first-order chi connectivity index (χ1) is 9.72. The molecular weight excluding hydrogens is 251 g/mol. The lowest BCUT2D eigenvalue weighted by Crippen LogP contribution is -2.03. The predicted molar refractivity (Wildman–Crippen MR) is 77.9 cm³/mol. The third-order valence-corrected chi connectivity index (χ3v) is 3.30. The van der Waals surface area contributed by atoms with Crippen molar-refractivity contribution in [2.75, 3.05) is 0 Å². The van der Waals surface area contributed by atoms with Crippen LogP contribution in [0.4, 0.5) is 4.39 Å². The number of aromatic nitrogens is 2. The predicted octanol–water partition coefficient (Wildman–Crippen LogP) is 4.05. The van der Waals surface area contributed by atoms with Gasteiger partial charge in [0.1, 0.15) is 5.82 Å². The van der Waals surface area contributed by atoms with E-state index in [1.54, 1.807) is 12.1 Å². The zero-order chi connectivity index (χ0) is 13.9. The van der Waals surface area contributed by atoms with E-state index in [2.05, 4.69) is 17.2 Å². The van der Waals surface area contributed by atoms with Gasteiger partial charge in [-0.1, -0.05) is 30.3 Å². The first-order valence-electron chi connectivity index (χ1n) is 6.57. The van der Waals surface area contributed by atoms with Crippen molar-refractivity contribution in [2.45, 2.75) is 13.5 Å². The maximum absolute atomic E-state index is 12.9. The van der Waals surface area contributed by atoms with Crippen LogP contribution in [0, 0.1) is 12.7 Å². The van der Waals surface area contributed by atoms with Crippen LogP contribution in [-0.4, -0.2) is 9.78 Å². The van der Waals surface area contributed by atoms with Crippen molar-refractivity contribution in [3.63, 3.8) is 0 Å². The van der Waals surface area contributed by atoms with Crippen LogP contribution in [0.1, 0.15) is 11.3 Å². The molecule has 0 aliphatic heterocycles. The fourth-order valence-electron chi connectivity index (χ4n) is 2.19. The largest absolute Gasteiger partial charge is 0.265 e. The van der Waals surface area contributed by atoms with Gasteiger partial charge in [-0.3, -0.25) is 4.68 Å². The van der Waals surface area contributed by atoms with Gasteiger partial charge in [0.25, 0.3) is 0 Å². The summed E-state index contributed by atoms with van der Waals surface area (Å²) in [6.45, 7) is 2.77. The van der Waals surface area contributed by atoms with Crippen molar-refractivity contribution in [3.8, 4) is 11.3 Å². The zero-order valence-electron chi connectivity index (χ0n) is 11.3. The molecule has 2 nitrogen and oxygen atoms in total. The molecule has 3 rings (SSSR count). The highest BCUT2D eigenvalue weighted by Gasteiger charge is 2.07. The molecule has 1 aromatic heterocycles. The van der Waals surface area contributed by atoms with Crippen LogP contribution in [0.5, 0.6) is 0 Å². The molecule has 0 saturated carbocycles. The SMILES string of the molecule is Cc1cc(-c2ccc(F)cc2)nn1Cc1ccccc1. The van der Waals surface area contributed by atoms with E-state index in [4.69, 9.17) is 0 Å². The summed E-state index contributed by atoms with van der Waals surface area (Å²) in [7, 11) is 0. The summed E-state index contributed by atoms with van der Waals surface area (Å²) in [5.41, 5.74) is 4.11. The van der Waals surface area contributed by atoms with Crippen molar-refractivity contribution in [2.24, 2.45) is 0 Å². The highest BCUT2D eigenvalue weighted by molar-refractivity contribution is 5.59. The van der Waals surface area contributed by atoms with Gasteiger partial charge in [-0.25, -0.2) is 4.39 Å². The van der Waals surface area contributed by atoms with Gasteiger partial charge in [0.05, 0.1) is 12.2 Å². The normalized spacial score (nSPS) is 10.7. The van der Waals surface area contributed by atoms with E-state index in [0.717, 1.165) is 23.5 Å². The van der Waals surface area contributed by atoms with E-state index >= 15 is 0 Å². The second-order valence-corrected chi connectivity index (χ2v) is 4.82. The quantitative estimate of drug-likeness (QED) is 0.699. The van der Waals surface area contributed by atoms with Crippen LogP contribution >= 0.6 is 0 Å². The third-order valence-electron chi connectivity index (χ3n) is 3.30. The smallest absolute Gasteiger partial charge is 0.123 e. The lowest BCUT2D eigenvalue weighted by atomic mass is 10.1. The average Bonchev–Trinajstić information content (AvgIpc) is 2.82. The van der Waals surface area contributed by atoms with Gasteiger partial charge in [-0.15, -0.1) is 0 Å². The molecule has 0 bridgehead atoms. The summed E-state index contributed by atoms with van der Waals surface area (Å²) in [5, 5.41) is 4.60. The Kier molecular flexibility index (Phi) is 3.33. The topological polar surface area (TPSA) is 17.8 Å². The molecule has 100 valence electrons. The van der Waals surface area contributed by atoms with E-state index in [1.165, 1.54) is 17.7 Å². The second kappa shape index (κ2) is 5.29. The fourth-order valence-corrected chi connectivity index (χ4v) is 2.19. The molecule has 3 aromatic rings. The number of benzene rings is 2. The standard InChI is InChI=1S/C17H15FN2/c1-13-11-17(15-7-9-16(18)10-8-15)19-20(13)12-14-5-3-2-4-6-14/h2-11H,12H2,1H3. The van der Waals surface area contributed by atoms with Gasteiger partial charge in [0.15, 0.2) is 0 Å². The van der Waals surface area contributed by atoms with Crippen LogP contribution in [0.15, 0.2) is 60.7 Å². The average molecular weight is 266 g/mol. The van der Waals surface area contributed by atoms with Crippen LogP contribution in [0.3, 0.4) is 0 Å². The number of halogens is 1. The number of hydrogen-bond acceptors (Lipinski definition) is 1. The lowest BCUT2D eigenvalue weighted by Gasteiger charge is -2.04. The Balaban J connectivity index is 1.89. The molecule has 0 N–H and O–H groups in total. The Hall–Kier alpha value is -2.42. The molecule has 0 radical (unpaired) electrons. The van der Waals surface area contributed by atoms with Gasteiger partial charge in [0.2, 0.25) is 0 Å². The van der Waals surface area contributed by atoms with Crippen LogP contribution in [0.25, 0.3) is 11.3 Å². The maximum Gasteiger partial charge on any atom is 0.123 e. The minimum absolute atomic E-state index is 0.228. The van der Waals surface area contributed by atoms with Gasteiger partial charge < -0.3 is 0 Å². The molecule has 0 aliphatic carbocycles. The van der Waals surface area contributed by atoms with Crippen LogP contribution in [0.2, 0.25) is 0 Å². The van der Waals surface area contributed by atoms with Crippen molar-refractivity contribution in [3.05, 3.63) is 77.7 Å². The van der Waals surface area contributed by atoms with Gasteiger partial charge in [-0.2, -0.15) is 5.10 Å². The number of nitrogens with zero attached hydrogens (tertiary/aromatic N) is 2. The number of hydrogen-bond donors (Lipinski definition) is 0. The summed E-state index contributed by atoms with van der Waals surface area (Å²) in [6, 6.07) is 18.7. The molecule has 2 aromatic carbocycles. The Bertz CT molecular complexity index is 700. The van der Waals surface area contributed by atoms with E-state index < -0.39 is 0 Å². The van der Waals surface area contributed by atoms with Crippen molar-refractivity contribution in [1.82, 2.24) is 9.78 Å². The molecule has 0 spiro atoms. The highest BCUT2D eigenvalue weighted by atomic mass is 19.1. The van der Waals surface area contributed by atoms with Gasteiger partial charge in [-0.05, 0) is 42.8 Å². The minimum Gasteiger partial charge on any atom is -0.265 e. The zero-order valence-corrected chi connectivity index (χ0v) is 11.3. The minimum atomic E-state index is -0.228. The van der Waals surface area contributed by atoms with E-state index in [9.17, 15) is 4.39 Å². The maximum atomic E-state index is 12.9. The second-order valence-electron chi connectivity index (χ2n) is 4.82. The monoisotopic (exact) mass is 266 g/mol. The molecule has 20 heavy (non-hydrogen) atoms. The first kappa shape index (κ1) is 12.6. The van der Waals surface area contributed by atoms with Crippen LogP contribution in [-0.2, 0) is 6.54 Å². The summed E-state index contributed by atoms with van der Waals surface area (Å²) >= 11 is 0. The molecule has 0 atom stereocenters. The molecule has 1 heterocycles. The Morgan fingerprint density at radius 3 is 2.40 bits per heavy atom. The lowest BCUT2D eigenvalue weighted by molar-refractivity contribution is 0.628. The van der Waals surface area contributed by atoms with Crippen molar-refractivity contribution in [1.29, 1.82) is 0 Å². The molecular formula is C17H15FN2. The number of rotatable bonds is 3. The van der Waals surface area contributed by atoms with Gasteiger partial charge in [0, 0.05) is 11.3 Å². The van der Waals surface area contributed by atoms with Crippen LogP contribution < -0.4 is 0 Å². The summed E-state index contributed by atoms with van der Waals surface area (Å²) < 4.78 is 14.9. The Morgan fingerprint density at radius 1 is 1.00 bits per heavy atom. The van der Waals surface area contributed by atoms with E-state index in [-0.39, 0.29) is 5.82 Å². The first-order valence-corrected chi connectivity index (χ1v) is 6.57. The van der Waals surface area contributed by atoms with Crippen molar-refractivity contribution >= 4 is 0 Å². The summed E-state index contributed by atoms with van der Waals surface area (Å²) in [4.78, 5) is 0. The van der Waals surface area contributed by atoms with E-state index in [1.807, 2.05) is 35.9 Å². The number of aryl methyl sites for hydroxylation is 1. The third kappa shape index (κ3) is 2.62. The fraction of sp³-hybridized carbons (Fsp3) is 0.118. The Labute approximate surface area is 117 Å². The highest BCUT2D eigenvalue weighted by Crippen LogP contribution is 2.19. The summed E-state index contributed by atoms with van der Waals surface area (Å²) in [5.74, 6) is -0.228. The molecule has 0 unspecified atom stereocenters. The van der Waals surface area contributed by atoms with Crippen molar-refractivity contribution < 1.29 is 4.39 Å². The molecule has 0 saturated heterocycles. The molecule has 0 aliphatic rings. The van der Waals surface area contributed by atoms with E-state index in [0.29, 0.717) is 0 Å². The summed E-state index contributed by atoms with van der Waals surface area (Å²) in [6.07, 6.45) is 0. The van der Waals surface area contributed by atoms with Gasteiger partial charge >= 0.3 is 0 Å².